The second-order valence-electron chi connectivity index (χ2n) is 5.50. The maximum atomic E-state index is 12.5. The SMILES string of the molecule is O=C1[C@H]2CC=CC[C@H]2C(=O)N1Cc1nccn1CC(F)(F)F. The summed E-state index contributed by atoms with van der Waals surface area (Å²) in [5, 5.41) is 0. The number of allylic oxidation sites excluding steroid dienone is 2. The summed E-state index contributed by atoms with van der Waals surface area (Å²) < 4.78 is 38.4. The van der Waals surface area contributed by atoms with Crippen LogP contribution in [0, 0.1) is 11.8 Å². The highest BCUT2D eigenvalue weighted by molar-refractivity contribution is 6.05. The molecule has 1 aromatic rings. The quantitative estimate of drug-likeness (QED) is 0.632. The molecule has 1 fully saturated rings. The molecule has 0 spiro atoms. The number of aromatic nitrogens is 2. The van der Waals surface area contributed by atoms with Crippen molar-refractivity contribution in [1.29, 1.82) is 0 Å². The summed E-state index contributed by atoms with van der Waals surface area (Å²) in [6.45, 7) is -1.40. The molecule has 22 heavy (non-hydrogen) atoms. The molecular weight excluding hydrogens is 299 g/mol. The predicted molar refractivity (Wildman–Crippen MR) is 69.2 cm³/mol. The first-order chi connectivity index (χ1) is 10.4. The Morgan fingerprint density at radius 1 is 1.14 bits per heavy atom. The topological polar surface area (TPSA) is 55.2 Å². The van der Waals surface area contributed by atoms with Gasteiger partial charge >= 0.3 is 6.18 Å². The van der Waals surface area contributed by atoms with E-state index < -0.39 is 12.7 Å². The zero-order valence-electron chi connectivity index (χ0n) is 11.6. The fourth-order valence-electron chi connectivity index (χ4n) is 3.00. The molecule has 0 saturated carbocycles. The van der Waals surface area contributed by atoms with Crippen molar-refractivity contribution in [2.24, 2.45) is 11.8 Å². The number of rotatable bonds is 3. The highest BCUT2D eigenvalue weighted by Crippen LogP contribution is 2.35. The Morgan fingerprint density at radius 3 is 2.27 bits per heavy atom. The highest BCUT2D eigenvalue weighted by Gasteiger charge is 2.47. The lowest BCUT2D eigenvalue weighted by Gasteiger charge is -2.16. The van der Waals surface area contributed by atoms with E-state index in [9.17, 15) is 22.8 Å². The van der Waals surface area contributed by atoms with Crippen LogP contribution in [0.2, 0.25) is 0 Å². The first kappa shape index (κ1) is 14.8. The van der Waals surface area contributed by atoms with Gasteiger partial charge in [-0.05, 0) is 12.8 Å². The van der Waals surface area contributed by atoms with Crippen molar-refractivity contribution >= 4 is 11.8 Å². The van der Waals surface area contributed by atoms with Crippen molar-refractivity contribution in [1.82, 2.24) is 14.5 Å². The van der Waals surface area contributed by atoms with E-state index in [2.05, 4.69) is 4.98 Å². The van der Waals surface area contributed by atoms with E-state index in [1.165, 1.54) is 12.4 Å². The maximum absolute atomic E-state index is 12.5. The molecule has 0 unspecified atom stereocenters. The number of alkyl halides is 3. The van der Waals surface area contributed by atoms with Gasteiger partial charge in [-0.2, -0.15) is 13.2 Å². The minimum atomic E-state index is -4.38. The van der Waals surface area contributed by atoms with Crippen molar-refractivity contribution in [2.75, 3.05) is 0 Å². The number of likely N-dealkylation sites (tertiary alicyclic amines) is 1. The van der Waals surface area contributed by atoms with Crippen molar-refractivity contribution in [3.63, 3.8) is 0 Å². The molecular formula is C14H14F3N3O2. The number of nitrogens with zero attached hydrogens (tertiary/aromatic N) is 3. The number of imide groups is 1. The lowest BCUT2D eigenvalue weighted by atomic mass is 9.85. The molecule has 2 atom stereocenters. The van der Waals surface area contributed by atoms with Gasteiger partial charge in [0.15, 0.2) is 0 Å². The molecule has 2 aliphatic rings. The lowest BCUT2D eigenvalue weighted by molar-refractivity contribution is -0.142. The first-order valence-corrected chi connectivity index (χ1v) is 6.94. The fraction of sp³-hybridized carbons (Fsp3) is 0.500. The summed E-state index contributed by atoms with van der Waals surface area (Å²) in [6.07, 6.45) is 2.78. The maximum Gasteiger partial charge on any atom is 0.406 e. The van der Waals surface area contributed by atoms with Crippen LogP contribution >= 0.6 is 0 Å². The molecule has 0 radical (unpaired) electrons. The highest BCUT2D eigenvalue weighted by atomic mass is 19.4. The second-order valence-corrected chi connectivity index (χ2v) is 5.50. The number of carbonyl (C=O) groups is 2. The third-order valence-electron chi connectivity index (χ3n) is 4.05. The average molecular weight is 313 g/mol. The Labute approximate surface area is 124 Å². The minimum absolute atomic E-state index is 0.0608. The lowest BCUT2D eigenvalue weighted by Crippen LogP contribution is -2.32. The smallest absolute Gasteiger partial charge is 0.324 e. The van der Waals surface area contributed by atoms with Gasteiger partial charge in [0.25, 0.3) is 0 Å². The van der Waals surface area contributed by atoms with E-state index in [1.54, 1.807) is 0 Å². The fourth-order valence-corrected chi connectivity index (χ4v) is 3.00. The van der Waals surface area contributed by atoms with Crippen LogP contribution < -0.4 is 0 Å². The number of amides is 2. The number of hydrogen-bond donors (Lipinski definition) is 0. The van der Waals surface area contributed by atoms with Crippen molar-refractivity contribution < 1.29 is 22.8 Å². The van der Waals surface area contributed by atoms with Crippen LogP contribution in [-0.4, -0.2) is 32.4 Å². The molecule has 3 rings (SSSR count). The predicted octanol–water partition coefficient (Wildman–Crippen LogP) is 1.90. The molecule has 1 aliphatic carbocycles. The molecule has 2 heterocycles. The normalized spacial score (nSPS) is 25.0. The van der Waals surface area contributed by atoms with E-state index in [-0.39, 0.29) is 36.0 Å². The Balaban J connectivity index is 1.78. The van der Waals surface area contributed by atoms with Crippen molar-refractivity contribution in [3.8, 4) is 0 Å². The molecule has 2 amide bonds. The molecule has 1 aromatic heterocycles. The summed E-state index contributed by atoms with van der Waals surface area (Å²) in [5.74, 6) is -1.35. The average Bonchev–Trinajstić information content (AvgIpc) is 2.97. The Kier molecular flexibility index (Phi) is 3.54. The van der Waals surface area contributed by atoms with Crippen LogP contribution in [-0.2, 0) is 22.7 Å². The molecule has 0 N–H and O–H groups in total. The van der Waals surface area contributed by atoms with E-state index in [0.717, 1.165) is 9.47 Å². The Hall–Kier alpha value is -2.12. The summed E-state index contributed by atoms with van der Waals surface area (Å²) in [5.41, 5.74) is 0. The number of carbonyl (C=O) groups excluding carboxylic acids is 2. The van der Waals surface area contributed by atoms with E-state index in [0.29, 0.717) is 12.8 Å². The van der Waals surface area contributed by atoms with Gasteiger partial charge in [-0.3, -0.25) is 14.5 Å². The van der Waals surface area contributed by atoms with Gasteiger partial charge in [0, 0.05) is 12.4 Å². The molecule has 1 saturated heterocycles. The van der Waals surface area contributed by atoms with E-state index in [4.69, 9.17) is 0 Å². The summed E-state index contributed by atoms with van der Waals surface area (Å²) in [7, 11) is 0. The minimum Gasteiger partial charge on any atom is -0.324 e. The van der Waals surface area contributed by atoms with Gasteiger partial charge in [0.2, 0.25) is 11.8 Å². The molecule has 118 valence electrons. The van der Waals surface area contributed by atoms with Crippen LogP contribution in [0.1, 0.15) is 18.7 Å². The van der Waals surface area contributed by atoms with Crippen molar-refractivity contribution in [2.45, 2.75) is 32.1 Å². The Morgan fingerprint density at radius 2 is 1.73 bits per heavy atom. The number of imidazole rings is 1. The molecule has 0 aromatic carbocycles. The molecule has 8 heteroatoms. The van der Waals surface area contributed by atoms with Crippen LogP contribution in [0.25, 0.3) is 0 Å². The van der Waals surface area contributed by atoms with Gasteiger partial charge < -0.3 is 4.57 Å². The van der Waals surface area contributed by atoms with Crippen LogP contribution in [0.5, 0.6) is 0 Å². The summed E-state index contributed by atoms with van der Waals surface area (Å²) >= 11 is 0. The third kappa shape index (κ3) is 2.65. The largest absolute Gasteiger partial charge is 0.406 e. The number of halogens is 3. The third-order valence-corrected chi connectivity index (χ3v) is 4.05. The van der Waals surface area contributed by atoms with Crippen molar-refractivity contribution in [3.05, 3.63) is 30.4 Å². The second kappa shape index (κ2) is 5.26. The zero-order valence-corrected chi connectivity index (χ0v) is 11.6. The first-order valence-electron chi connectivity index (χ1n) is 6.94. The van der Waals surface area contributed by atoms with Gasteiger partial charge in [-0.15, -0.1) is 0 Å². The van der Waals surface area contributed by atoms with Gasteiger partial charge in [0.05, 0.1) is 18.4 Å². The monoisotopic (exact) mass is 313 g/mol. The summed E-state index contributed by atoms with van der Waals surface area (Å²) in [6, 6.07) is 0. The van der Waals surface area contributed by atoms with Gasteiger partial charge in [-0.25, -0.2) is 4.98 Å². The van der Waals surface area contributed by atoms with E-state index in [1.807, 2.05) is 12.2 Å². The summed E-state index contributed by atoms with van der Waals surface area (Å²) in [4.78, 5) is 29.5. The molecule has 1 aliphatic heterocycles. The van der Waals surface area contributed by atoms with Crippen LogP contribution in [0.15, 0.2) is 24.5 Å². The molecule has 0 bridgehead atoms. The molecule has 5 nitrogen and oxygen atoms in total. The zero-order chi connectivity index (χ0) is 15.9. The van der Waals surface area contributed by atoms with Gasteiger partial charge in [-0.1, -0.05) is 12.2 Å². The van der Waals surface area contributed by atoms with Crippen LogP contribution in [0.4, 0.5) is 13.2 Å². The van der Waals surface area contributed by atoms with Gasteiger partial charge in [0.1, 0.15) is 12.4 Å². The number of fused-ring (bicyclic) bond motifs is 1. The Bertz CT molecular complexity index is 610. The van der Waals surface area contributed by atoms with Crippen LogP contribution in [0.3, 0.4) is 0 Å². The number of hydrogen-bond acceptors (Lipinski definition) is 3. The van der Waals surface area contributed by atoms with E-state index >= 15 is 0 Å². The standard InChI is InChI=1S/C14H14F3N3O2/c15-14(16,17)8-19-6-5-18-11(19)7-20-12(21)9-3-1-2-4-10(9)13(20)22/h1-2,5-6,9-10H,3-4,7-8H2/t9-,10+.